The van der Waals surface area contributed by atoms with E-state index in [-0.39, 0.29) is 5.75 Å². The lowest BCUT2D eigenvalue weighted by atomic mass is 10.0. The Hall–Kier alpha value is -1.42. The molecule has 0 saturated carbocycles. The number of aryl methyl sites for hydroxylation is 1. The van der Waals surface area contributed by atoms with Gasteiger partial charge in [0.2, 0.25) is 0 Å². The van der Waals surface area contributed by atoms with Crippen molar-refractivity contribution in [2.45, 2.75) is 39.4 Å². The third-order valence-corrected chi connectivity index (χ3v) is 2.48. The van der Waals surface area contributed by atoms with Gasteiger partial charge in [0.15, 0.2) is 0 Å². The molecule has 1 unspecified atom stereocenters. The monoisotopic (exact) mass is 256 g/mol. The number of alkyl halides is 2. The lowest BCUT2D eigenvalue weighted by Gasteiger charge is -2.06. The molecule has 0 heterocycles. The lowest BCUT2D eigenvalue weighted by molar-refractivity contribution is -0.0498. The minimum absolute atomic E-state index is 0.171. The Morgan fingerprint density at radius 1 is 1.33 bits per heavy atom. The van der Waals surface area contributed by atoms with Crippen LogP contribution in [-0.4, -0.2) is 17.8 Å². The molecule has 0 aliphatic carbocycles. The highest BCUT2D eigenvalue weighted by Crippen LogP contribution is 2.17. The van der Waals surface area contributed by atoms with E-state index in [0.29, 0.717) is 0 Å². The van der Waals surface area contributed by atoms with Gasteiger partial charge in [0.25, 0.3) is 0 Å². The van der Waals surface area contributed by atoms with Crippen molar-refractivity contribution in [3.8, 4) is 5.75 Å². The number of aliphatic hydroxyl groups excluding tert-OH is 1. The molecule has 0 spiro atoms. The molecule has 100 valence electrons. The van der Waals surface area contributed by atoms with Gasteiger partial charge in [-0.2, -0.15) is 8.78 Å². The minimum atomic E-state index is -2.79. The van der Waals surface area contributed by atoms with Crippen molar-refractivity contribution in [2.75, 3.05) is 0 Å². The van der Waals surface area contributed by atoms with Crippen molar-refractivity contribution in [1.29, 1.82) is 0 Å². The highest BCUT2D eigenvalue weighted by Gasteiger charge is 2.03. The number of halogens is 2. The molecule has 1 aromatic rings. The van der Waals surface area contributed by atoms with Gasteiger partial charge in [-0.25, -0.2) is 0 Å². The van der Waals surface area contributed by atoms with E-state index in [4.69, 9.17) is 0 Å². The van der Waals surface area contributed by atoms with Gasteiger partial charge in [0, 0.05) is 0 Å². The largest absolute Gasteiger partial charge is 0.435 e. The second-order valence-corrected chi connectivity index (χ2v) is 4.28. The van der Waals surface area contributed by atoms with Crippen molar-refractivity contribution in [2.24, 2.45) is 0 Å². The molecule has 0 aromatic heterocycles. The van der Waals surface area contributed by atoms with Crippen LogP contribution in [0.4, 0.5) is 8.78 Å². The first kappa shape index (κ1) is 14.6. The summed E-state index contributed by atoms with van der Waals surface area (Å²) in [4.78, 5) is 0. The van der Waals surface area contributed by atoms with Crippen LogP contribution in [0.3, 0.4) is 0 Å². The van der Waals surface area contributed by atoms with Gasteiger partial charge in [-0.15, -0.1) is 0 Å². The predicted molar refractivity (Wildman–Crippen MR) is 66.8 cm³/mol. The molecule has 0 amide bonds. The molecule has 4 heteroatoms. The van der Waals surface area contributed by atoms with Crippen molar-refractivity contribution in [3.05, 3.63) is 41.5 Å². The summed E-state index contributed by atoms with van der Waals surface area (Å²) in [6.07, 6.45) is 3.00. The Kier molecular flexibility index (Phi) is 5.78. The summed E-state index contributed by atoms with van der Waals surface area (Å²) in [6, 6.07) is 6.62. The third-order valence-electron chi connectivity index (χ3n) is 2.48. The fourth-order valence-electron chi connectivity index (χ4n) is 1.67. The summed E-state index contributed by atoms with van der Waals surface area (Å²) in [5, 5.41) is 9.18. The number of rotatable bonds is 6. The van der Waals surface area contributed by atoms with Crippen LogP contribution in [0.25, 0.3) is 0 Å². The van der Waals surface area contributed by atoms with Gasteiger partial charge in [-0.3, -0.25) is 0 Å². The van der Waals surface area contributed by atoms with Crippen LogP contribution < -0.4 is 4.74 Å². The summed E-state index contributed by atoms with van der Waals surface area (Å²) in [5.74, 6) is 0.171. The number of ether oxygens (including phenoxy) is 1. The van der Waals surface area contributed by atoms with E-state index in [1.165, 1.54) is 12.1 Å². The molecule has 18 heavy (non-hydrogen) atoms. The van der Waals surface area contributed by atoms with Crippen LogP contribution in [0.5, 0.6) is 5.75 Å². The maximum Gasteiger partial charge on any atom is 0.387 e. The van der Waals surface area contributed by atoms with Gasteiger partial charge in [-0.1, -0.05) is 23.8 Å². The maximum atomic E-state index is 11.9. The van der Waals surface area contributed by atoms with Gasteiger partial charge in [-0.05, 0) is 44.4 Å². The van der Waals surface area contributed by atoms with Crippen LogP contribution in [0.1, 0.15) is 25.8 Å². The molecule has 1 atom stereocenters. The number of benzene rings is 1. The van der Waals surface area contributed by atoms with Crippen molar-refractivity contribution in [1.82, 2.24) is 0 Å². The van der Waals surface area contributed by atoms with Crippen LogP contribution >= 0.6 is 0 Å². The molecule has 0 aliphatic heterocycles. The molecule has 1 rings (SSSR count). The van der Waals surface area contributed by atoms with Crippen molar-refractivity contribution < 1.29 is 18.6 Å². The van der Waals surface area contributed by atoms with E-state index in [9.17, 15) is 13.9 Å². The Morgan fingerprint density at radius 2 is 1.94 bits per heavy atom. The topological polar surface area (TPSA) is 29.5 Å². The average molecular weight is 256 g/mol. The Labute approximate surface area is 106 Å². The SMILES string of the molecule is C/C(=C/C(C)O)CCc1ccc(OC(F)F)cc1. The first-order valence-electron chi connectivity index (χ1n) is 5.86. The normalized spacial score (nSPS) is 13.8. The predicted octanol–water partition coefficient (Wildman–Crippen LogP) is 3.55. The maximum absolute atomic E-state index is 11.9. The zero-order chi connectivity index (χ0) is 13.5. The van der Waals surface area contributed by atoms with Gasteiger partial charge < -0.3 is 9.84 Å². The molecule has 1 N–H and O–H groups in total. The van der Waals surface area contributed by atoms with Crippen molar-refractivity contribution in [3.63, 3.8) is 0 Å². The number of hydrogen-bond donors (Lipinski definition) is 1. The summed E-state index contributed by atoms with van der Waals surface area (Å²) < 4.78 is 28.2. The standard InChI is InChI=1S/C14H18F2O2/c1-10(9-11(2)17)3-4-12-5-7-13(8-6-12)18-14(15)16/h5-9,11,14,17H,3-4H2,1-2H3/b10-9-. The fraction of sp³-hybridized carbons (Fsp3) is 0.429. The quantitative estimate of drug-likeness (QED) is 0.789. The average Bonchev–Trinajstić information content (AvgIpc) is 2.26. The highest BCUT2D eigenvalue weighted by molar-refractivity contribution is 5.27. The minimum Gasteiger partial charge on any atom is -0.435 e. The zero-order valence-corrected chi connectivity index (χ0v) is 10.6. The Morgan fingerprint density at radius 3 is 2.44 bits per heavy atom. The van der Waals surface area contributed by atoms with E-state index in [0.717, 1.165) is 24.0 Å². The van der Waals surface area contributed by atoms with E-state index >= 15 is 0 Å². The molecular weight excluding hydrogens is 238 g/mol. The van der Waals surface area contributed by atoms with E-state index in [1.807, 2.05) is 6.92 Å². The second kappa shape index (κ2) is 7.11. The Bertz CT molecular complexity index is 383. The molecule has 0 bridgehead atoms. The van der Waals surface area contributed by atoms with Crippen molar-refractivity contribution >= 4 is 0 Å². The molecule has 0 aliphatic rings. The molecule has 1 aromatic carbocycles. The fourth-order valence-corrected chi connectivity index (χ4v) is 1.67. The number of aliphatic hydroxyl groups is 1. The second-order valence-electron chi connectivity index (χ2n) is 4.28. The highest BCUT2D eigenvalue weighted by atomic mass is 19.3. The molecule has 0 fully saturated rings. The van der Waals surface area contributed by atoms with Gasteiger partial charge in [0.1, 0.15) is 5.75 Å². The summed E-state index contributed by atoms with van der Waals surface area (Å²) in [5.41, 5.74) is 2.16. The molecule has 0 saturated heterocycles. The third kappa shape index (κ3) is 5.77. The van der Waals surface area contributed by atoms with Crippen LogP contribution in [0, 0.1) is 0 Å². The zero-order valence-electron chi connectivity index (χ0n) is 10.6. The van der Waals surface area contributed by atoms with E-state index < -0.39 is 12.7 Å². The van der Waals surface area contributed by atoms with Crippen LogP contribution in [0.15, 0.2) is 35.9 Å². The summed E-state index contributed by atoms with van der Waals surface area (Å²) in [6.45, 7) is 0.883. The number of allylic oxidation sites excluding steroid dienone is 1. The number of hydrogen-bond acceptors (Lipinski definition) is 2. The van der Waals surface area contributed by atoms with Gasteiger partial charge >= 0.3 is 6.61 Å². The first-order valence-corrected chi connectivity index (χ1v) is 5.86. The smallest absolute Gasteiger partial charge is 0.387 e. The molecule has 2 nitrogen and oxygen atoms in total. The molecular formula is C14H18F2O2. The Balaban J connectivity index is 2.49. The first-order chi connectivity index (χ1) is 8.47. The van der Waals surface area contributed by atoms with Gasteiger partial charge in [0.05, 0.1) is 6.10 Å². The van der Waals surface area contributed by atoms with Crippen LogP contribution in [0.2, 0.25) is 0 Å². The van der Waals surface area contributed by atoms with E-state index in [1.54, 1.807) is 25.1 Å². The van der Waals surface area contributed by atoms with E-state index in [2.05, 4.69) is 4.74 Å². The summed E-state index contributed by atoms with van der Waals surface area (Å²) in [7, 11) is 0. The summed E-state index contributed by atoms with van der Waals surface area (Å²) >= 11 is 0. The molecule has 0 radical (unpaired) electrons. The lowest BCUT2D eigenvalue weighted by Crippen LogP contribution is -2.01. The van der Waals surface area contributed by atoms with Crippen LogP contribution in [-0.2, 0) is 6.42 Å².